The number of likely N-dealkylation sites (tertiary alicyclic amines) is 1. The van der Waals surface area contributed by atoms with Crippen LogP contribution in [0.15, 0.2) is 65.7 Å². The van der Waals surface area contributed by atoms with Gasteiger partial charge in [0.15, 0.2) is 9.84 Å². The van der Waals surface area contributed by atoms with Gasteiger partial charge in [0.2, 0.25) is 0 Å². The van der Waals surface area contributed by atoms with Crippen molar-refractivity contribution in [1.29, 1.82) is 0 Å². The van der Waals surface area contributed by atoms with Crippen LogP contribution in [0.4, 0.5) is 0 Å². The van der Waals surface area contributed by atoms with Crippen molar-refractivity contribution in [2.75, 3.05) is 13.1 Å². The first-order chi connectivity index (χ1) is 13.8. The van der Waals surface area contributed by atoms with E-state index in [1.165, 1.54) is 0 Å². The highest BCUT2D eigenvalue weighted by molar-refractivity contribution is 7.90. The maximum Gasteiger partial charge on any atom is 0.254 e. The van der Waals surface area contributed by atoms with Crippen molar-refractivity contribution in [3.05, 3.63) is 71.9 Å². The van der Waals surface area contributed by atoms with Gasteiger partial charge in [-0.3, -0.25) is 9.78 Å². The molecule has 1 amide bonds. The molecule has 1 aliphatic heterocycles. The van der Waals surface area contributed by atoms with Gasteiger partial charge in [-0.25, -0.2) is 8.42 Å². The summed E-state index contributed by atoms with van der Waals surface area (Å²) in [6.45, 7) is 2.54. The number of hydrogen-bond donors (Lipinski definition) is 1. The van der Waals surface area contributed by atoms with Gasteiger partial charge in [0, 0.05) is 17.1 Å². The quantitative estimate of drug-likeness (QED) is 0.699. The van der Waals surface area contributed by atoms with Crippen molar-refractivity contribution < 1.29 is 18.3 Å². The van der Waals surface area contributed by atoms with Gasteiger partial charge >= 0.3 is 0 Å². The fourth-order valence-corrected chi connectivity index (χ4v) is 5.12. The van der Waals surface area contributed by atoms with Gasteiger partial charge in [0.1, 0.15) is 0 Å². The standard InChI is InChI=1S/C22H22N2O4S/c1-2-22(26)14-24(15-22)21(25)18-10-8-16(9-11-18)13-29(27,28)19-7-3-5-17-6-4-12-23-20(17)19/h3-12,26H,2,13-15H2,1H3. The lowest BCUT2D eigenvalue weighted by Gasteiger charge is -2.46. The lowest BCUT2D eigenvalue weighted by molar-refractivity contribution is -0.0826. The van der Waals surface area contributed by atoms with Crippen molar-refractivity contribution in [2.45, 2.75) is 29.6 Å². The molecule has 150 valence electrons. The van der Waals surface area contributed by atoms with E-state index < -0.39 is 15.4 Å². The van der Waals surface area contributed by atoms with E-state index in [0.29, 0.717) is 36.2 Å². The summed E-state index contributed by atoms with van der Waals surface area (Å²) < 4.78 is 25.9. The van der Waals surface area contributed by atoms with Crippen LogP contribution in [0.1, 0.15) is 29.3 Å². The van der Waals surface area contributed by atoms with E-state index in [9.17, 15) is 18.3 Å². The molecular weight excluding hydrogens is 388 g/mol. The van der Waals surface area contributed by atoms with Gasteiger partial charge in [-0.05, 0) is 36.2 Å². The van der Waals surface area contributed by atoms with Crippen LogP contribution in [0.2, 0.25) is 0 Å². The van der Waals surface area contributed by atoms with E-state index >= 15 is 0 Å². The Morgan fingerprint density at radius 1 is 1.10 bits per heavy atom. The Labute approximate surface area is 169 Å². The van der Waals surface area contributed by atoms with Crippen LogP contribution < -0.4 is 0 Å². The summed E-state index contributed by atoms with van der Waals surface area (Å²) in [6.07, 6.45) is 2.19. The van der Waals surface area contributed by atoms with Crippen molar-refractivity contribution in [2.24, 2.45) is 0 Å². The molecule has 1 fully saturated rings. The Morgan fingerprint density at radius 3 is 2.48 bits per heavy atom. The number of hydrogen-bond acceptors (Lipinski definition) is 5. The molecule has 6 nitrogen and oxygen atoms in total. The molecule has 29 heavy (non-hydrogen) atoms. The molecule has 0 saturated carbocycles. The molecule has 1 N–H and O–H groups in total. The molecule has 0 atom stereocenters. The first kappa shape index (κ1) is 19.5. The Hall–Kier alpha value is -2.77. The topological polar surface area (TPSA) is 87.6 Å². The normalized spacial score (nSPS) is 15.9. The van der Waals surface area contributed by atoms with E-state index in [2.05, 4.69) is 4.98 Å². The maximum absolute atomic E-state index is 13.0. The first-order valence-corrected chi connectivity index (χ1v) is 11.1. The van der Waals surface area contributed by atoms with Gasteiger partial charge in [0.25, 0.3) is 5.91 Å². The third-order valence-electron chi connectivity index (χ3n) is 5.40. The highest BCUT2D eigenvalue weighted by Crippen LogP contribution is 2.27. The zero-order valence-electron chi connectivity index (χ0n) is 16.1. The molecule has 1 aromatic heterocycles. The summed E-state index contributed by atoms with van der Waals surface area (Å²) in [5.74, 6) is -0.327. The maximum atomic E-state index is 13.0. The second-order valence-electron chi connectivity index (χ2n) is 7.53. The average molecular weight is 410 g/mol. The second-order valence-corrected chi connectivity index (χ2v) is 9.48. The molecule has 1 aliphatic rings. The molecule has 2 heterocycles. The highest BCUT2D eigenvalue weighted by atomic mass is 32.2. The fourth-order valence-electron chi connectivity index (χ4n) is 3.58. The molecule has 0 aliphatic carbocycles. The first-order valence-electron chi connectivity index (χ1n) is 9.48. The number of sulfone groups is 1. The van der Waals surface area contributed by atoms with E-state index in [1.807, 2.05) is 19.1 Å². The minimum Gasteiger partial charge on any atom is -0.386 e. The zero-order valence-corrected chi connectivity index (χ0v) is 16.9. The third-order valence-corrected chi connectivity index (χ3v) is 7.12. The van der Waals surface area contributed by atoms with Crippen LogP contribution in [0.25, 0.3) is 10.9 Å². The van der Waals surface area contributed by atoms with Gasteiger partial charge in [0.05, 0.1) is 34.9 Å². The number of β-amino-alcohol motifs (C(OH)–C–C–N with tert-alkyl or cyclic N) is 1. The number of para-hydroxylation sites is 1. The smallest absolute Gasteiger partial charge is 0.254 e. The molecule has 0 unspecified atom stereocenters. The summed E-state index contributed by atoms with van der Waals surface area (Å²) in [7, 11) is -3.59. The largest absolute Gasteiger partial charge is 0.386 e. The van der Waals surface area contributed by atoms with Crippen LogP contribution in [0.5, 0.6) is 0 Å². The van der Waals surface area contributed by atoms with Gasteiger partial charge in [-0.2, -0.15) is 0 Å². The number of carbonyl (C=O) groups is 1. The molecule has 2 aromatic carbocycles. The fraction of sp³-hybridized carbons (Fsp3) is 0.273. The minimum atomic E-state index is -3.59. The number of pyridine rings is 1. The number of carbonyl (C=O) groups excluding carboxylic acids is 1. The summed E-state index contributed by atoms with van der Waals surface area (Å²) in [5.41, 5.74) is 0.762. The van der Waals surface area contributed by atoms with Crippen molar-refractivity contribution >= 4 is 26.6 Å². The summed E-state index contributed by atoms with van der Waals surface area (Å²) >= 11 is 0. The molecular formula is C22H22N2O4S. The summed E-state index contributed by atoms with van der Waals surface area (Å²) in [5, 5.41) is 10.8. The van der Waals surface area contributed by atoms with Crippen molar-refractivity contribution in [1.82, 2.24) is 9.88 Å². The number of aromatic nitrogens is 1. The molecule has 0 bridgehead atoms. The van der Waals surface area contributed by atoms with Crippen LogP contribution in [-0.4, -0.2) is 48.0 Å². The average Bonchev–Trinajstić information content (AvgIpc) is 2.70. The number of nitrogens with zero attached hydrogens (tertiary/aromatic N) is 2. The monoisotopic (exact) mass is 410 g/mol. The molecule has 0 spiro atoms. The molecule has 0 radical (unpaired) electrons. The van der Waals surface area contributed by atoms with Crippen LogP contribution in [0.3, 0.4) is 0 Å². The van der Waals surface area contributed by atoms with E-state index in [-0.39, 0.29) is 16.6 Å². The second kappa shape index (κ2) is 7.24. The number of benzene rings is 2. The van der Waals surface area contributed by atoms with Crippen molar-refractivity contribution in [3.63, 3.8) is 0 Å². The lowest BCUT2D eigenvalue weighted by atomic mass is 9.90. The highest BCUT2D eigenvalue weighted by Gasteiger charge is 2.42. The predicted molar refractivity (Wildman–Crippen MR) is 110 cm³/mol. The number of rotatable bonds is 5. The van der Waals surface area contributed by atoms with Gasteiger partial charge < -0.3 is 10.0 Å². The van der Waals surface area contributed by atoms with Gasteiger partial charge in [-0.1, -0.05) is 37.3 Å². The van der Waals surface area contributed by atoms with Crippen LogP contribution in [-0.2, 0) is 15.6 Å². The lowest BCUT2D eigenvalue weighted by Crippen LogP contribution is -2.63. The Morgan fingerprint density at radius 2 is 1.79 bits per heavy atom. The zero-order chi connectivity index (χ0) is 20.6. The van der Waals surface area contributed by atoms with Gasteiger partial charge in [-0.15, -0.1) is 0 Å². The van der Waals surface area contributed by atoms with Crippen molar-refractivity contribution in [3.8, 4) is 0 Å². The summed E-state index contributed by atoms with van der Waals surface area (Å²) in [4.78, 5) is 18.5. The van der Waals surface area contributed by atoms with E-state index in [1.54, 1.807) is 53.6 Å². The van der Waals surface area contributed by atoms with Crippen LogP contribution in [0, 0.1) is 0 Å². The molecule has 4 rings (SSSR count). The Kier molecular flexibility index (Phi) is 4.88. The van der Waals surface area contributed by atoms with E-state index in [4.69, 9.17) is 0 Å². The Bertz CT molecular complexity index is 1160. The predicted octanol–water partition coefficient (Wildman–Crippen LogP) is 2.81. The summed E-state index contributed by atoms with van der Waals surface area (Å²) in [6, 6.07) is 15.3. The third kappa shape index (κ3) is 3.75. The molecule has 3 aromatic rings. The number of fused-ring (bicyclic) bond motifs is 1. The SMILES string of the molecule is CCC1(O)CN(C(=O)c2ccc(CS(=O)(=O)c3cccc4cccnc34)cc2)C1. The van der Waals surface area contributed by atoms with E-state index in [0.717, 1.165) is 5.39 Å². The number of amides is 1. The number of aliphatic hydroxyl groups is 1. The molecule has 1 saturated heterocycles. The molecule has 7 heteroatoms. The van der Waals surface area contributed by atoms with Crippen LogP contribution >= 0.6 is 0 Å². The Balaban J connectivity index is 1.52. The minimum absolute atomic E-state index is 0.157.